The molecule has 2 aromatic carbocycles. The number of Topliss-reactive ketones (excluding diaryl/α,β-unsaturated/α-hetero) is 1. The molecule has 2 saturated carbocycles. The minimum Gasteiger partial charge on any atom is -0.368 e. The molecule has 1 aromatic heterocycles. The summed E-state index contributed by atoms with van der Waals surface area (Å²) in [5.41, 5.74) is 2.24. The van der Waals surface area contributed by atoms with Gasteiger partial charge in [-0.1, -0.05) is 18.2 Å². The molecule has 7 rings (SSSR count). The highest BCUT2D eigenvalue weighted by Gasteiger charge is 2.32. The number of rotatable bonds is 9. The van der Waals surface area contributed by atoms with Crippen molar-refractivity contribution in [2.75, 3.05) is 47.8 Å². The molecular formula is C32H32F3N7OS. The van der Waals surface area contributed by atoms with E-state index in [1.54, 1.807) is 6.07 Å². The number of piperazine rings is 1. The minimum atomic E-state index is -4.38. The molecule has 0 atom stereocenters. The zero-order valence-corrected chi connectivity index (χ0v) is 24.9. The first-order valence-corrected chi connectivity index (χ1v) is 15.8. The van der Waals surface area contributed by atoms with Crippen molar-refractivity contribution in [3.05, 3.63) is 71.3 Å². The summed E-state index contributed by atoms with van der Waals surface area (Å²) >= 11 is 1.41. The second-order valence-electron chi connectivity index (χ2n) is 11.7. The number of carbonyl (C=O) groups is 1. The van der Waals surface area contributed by atoms with Crippen molar-refractivity contribution >= 4 is 41.0 Å². The molecule has 4 aliphatic rings. The van der Waals surface area contributed by atoms with Crippen molar-refractivity contribution in [1.82, 2.24) is 15.0 Å². The van der Waals surface area contributed by atoms with Crippen LogP contribution in [-0.4, -0.2) is 59.3 Å². The lowest BCUT2D eigenvalue weighted by Gasteiger charge is -2.36. The molecule has 0 spiro atoms. The normalized spacial score (nSPS) is 18.7. The van der Waals surface area contributed by atoms with Crippen LogP contribution in [0.3, 0.4) is 0 Å². The summed E-state index contributed by atoms with van der Waals surface area (Å²) in [4.78, 5) is 36.0. The molecule has 2 aliphatic carbocycles. The van der Waals surface area contributed by atoms with Crippen LogP contribution in [0.1, 0.15) is 36.8 Å². The van der Waals surface area contributed by atoms with Gasteiger partial charge in [-0.25, -0.2) is 0 Å². The number of hydrogen-bond acceptors (Lipinski definition) is 9. The third-order valence-electron chi connectivity index (χ3n) is 8.34. The summed E-state index contributed by atoms with van der Waals surface area (Å²) < 4.78 is 39.8. The number of nitrogens with one attached hydrogen (secondary N) is 1. The third kappa shape index (κ3) is 6.90. The molecule has 3 fully saturated rings. The van der Waals surface area contributed by atoms with Crippen LogP contribution in [0.4, 0.5) is 30.8 Å². The van der Waals surface area contributed by atoms with Crippen LogP contribution in [0, 0.1) is 11.8 Å². The average molecular weight is 620 g/mol. The average Bonchev–Trinajstić information content (AvgIpc) is 3.96. The molecule has 8 nitrogen and oxygen atoms in total. The molecule has 0 bridgehead atoms. The Morgan fingerprint density at radius 3 is 2.39 bits per heavy atom. The topological polar surface area (TPSA) is 86.6 Å². The number of aromatic nitrogens is 3. The molecule has 2 aliphatic heterocycles. The first-order valence-electron chi connectivity index (χ1n) is 15.0. The zero-order valence-electron chi connectivity index (χ0n) is 24.1. The molecule has 12 heteroatoms. The molecule has 3 aromatic rings. The van der Waals surface area contributed by atoms with Gasteiger partial charge in [-0.3, -0.25) is 9.79 Å². The van der Waals surface area contributed by atoms with E-state index in [0.29, 0.717) is 73.6 Å². The van der Waals surface area contributed by atoms with Gasteiger partial charge in [0, 0.05) is 49.1 Å². The highest BCUT2D eigenvalue weighted by Crippen LogP contribution is 2.38. The Morgan fingerprint density at radius 2 is 1.68 bits per heavy atom. The van der Waals surface area contributed by atoms with Crippen LogP contribution in [-0.2, 0) is 17.4 Å². The van der Waals surface area contributed by atoms with E-state index in [1.807, 2.05) is 34.1 Å². The molecule has 0 radical (unpaired) electrons. The van der Waals surface area contributed by atoms with E-state index >= 15 is 0 Å². The van der Waals surface area contributed by atoms with Gasteiger partial charge in [0.05, 0.1) is 12.1 Å². The zero-order chi connectivity index (χ0) is 30.3. The predicted octanol–water partition coefficient (Wildman–Crippen LogP) is 6.05. The van der Waals surface area contributed by atoms with Gasteiger partial charge in [0.15, 0.2) is 5.16 Å². The van der Waals surface area contributed by atoms with E-state index in [-0.39, 0.29) is 5.92 Å². The summed E-state index contributed by atoms with van der Waals surface area (Å²) in [7, 11) is 0. The maximum Gasteiger partial charge on any atom is 0.416 e. The number of halogens is 3. The quantitative estimate of drug-likeness (QED) is 0.310. The number of aliphatic imine (C=N–C) groups is 1. The minimum absolute atomic E-state index is 0.241. The van der Waals surface area contributed by atoms with Crippen molar-refractivity contribution in [2.45, 2.75) is 48.3 Å². The van der Waals surface area contributed by atoms with E-state index < -0.39 is 11.7 Å². The Labute approximate surface area is 257 Å². The van der Waals surface area contributed by atoms with Crippen LogP contribution >= 0.6 is 11.8 Å². The van der Waals surface area contributed by atoms with Crippen molar-refractivity contribution in [2.24, 2.45) is 16.8 Å². The van der Waals surface area contributed by atoms with Gasteiger partial charge in [-0.15, -0.1) is 0 Å². The monoisotopic (exact) mass is 619 g/mol. The van der Waals surface area contributed by atoms with Crippen molar-refractivity contribution in [3.8, 4) is 0 Å². The Morgan fingerprint density at radius 1 is 0.932 bits per heavy atom. The van der Waals surface area contributed by atoms with Crippen molar-refractivity contribution < 1.29 is 18.0 Å². The highest BCUT2D eigenvalue weighted by atomic mass is 32.2. The van der Waals surface area contributed by atoms with Crippen LogP contribution < -0.4 is 15.1 Å². The van der Waals surface area contributed by atoms with E-state index in [0.717, 1.165) is 35.2 Å². The molecule has 0 unspecified atom stereocenters. The summed E-state index contributed by atoms with van der Waals surface area (Å²) in [6.45, 7) is 2.83. The molecule has 44 heavy (non-hydrogen) atoms. The SMILES string of the molecule is O=C(Cc1ccc(Sc2nc(NC3=NCC(C4CC4)=C3)nc(N3CCN(c4cccc(C(F)(F)F)c4)CC3)n2)cc1)C1CC1. The van der Waals surface area contributed by atoms with Crippen LogP contribution in [0.5, 0.6) is 0 Å². The fourth-order valence-corrected chi connectivity index (χ4v) is 6.24. The number of hydrogen-bond donors (Lipinski definition) is 1. The number of nitrogens with zero attached hydrogens (tertiary/aromatic N) is 6. The van der Waals surface area contributed by atoms with Crippen LogP contribution in [0.15, 0.2) is 75.2 Å². The second kappa shape index (κ2) is 11.9. The van der Waals surface area contributed by atoms with Gasteiger partial charge in [-0.05, 0) is 90.9 Å². The molecule has 1 saturated heterocycles. The summed E-state index contributed by atoms with van der Waals surface area (Å²) in [5.74, 6) is 2.82. The Bertz CT molecular complexity index is 1610. The van der Waals surface area contributed by atoms with Gasteiger partial charge in [0.2, 0.25) is 11.9 Å². The van der Waals surface area contributed by atoms with Crippen LogP contribution in [0.25, 0.3) is 0 Å². The van der Waals surface area contributed by atoms with E-state index in [2.05, 4.69) is 16.4 Å². The lowest BCUT2D eigenvalue weighted by atomic mass is 10.1. The fraction of sp³-hybridized carbons (Fsp3) is 0.406. The van der Waals surface area contributed by atoms with Crippen molar-refractivity contribution in [3.63, 3.8) is 0 Å². The smallest absolute Gasteiger partial charge is 0.368 e. The largest absolute Gasteiger partial charge is 0.416 e. The molecular weight excluding hydrogens is 587 g/mol. The second-order valence-corrected chi connectivity index (χ2v) is 12.8. The van der Waals surface area contributed by atoms with E-state index in [4.69, 9.17) is 15.0 Å². The van der Waals surface area contributed by atoms with Crippen LogP contribution in [0.2, 0.25) is 0 Å². The van der Waals surface area contributed by atoms with Gasteiger partial charge < -0.3 is 15.1 Å². The Balaban J connectivity index is 1.08. The molecule has 3 heterocycles. The number of alkyl halides is 3. The van der Waals surface area contributed by atoms with E-state index in [1.165, 1.54) is 42.3 Å². The first kappa shape index (κ1) is 28.8. The van der Waals surface area contributed by atoms with Gasteiger partial charge >= 0.3 is 6.18 Å². The molecule has 0 amide bonds. The standard InChI is InChI=1S/C32H32F3N7OS/c33-32(34,35)24-2-1-3-25(18-24)41-12-14-42(15-13-41)30-38-29(37-28-17-23(19-36-28)21-6-7-21)39-31(40-30)44-26-10-4-20(5-11-26)16-27(43)22-8-9-22/h1-5,10-11,17-18,21-22H,6-9,12-16,19H2,(H,36,37,38,39,40). The third-order valence-corrected chi connectivity index (χ3v) is 9.22. The summed E-state index contributed by atoms with van der Waals surface area (Å²) in [6, 6.07) is 13.4. The predicted molar refractivity (Wildman–Crippen MR) is 164 cm³/mol. The maximum atomic E-state index is 13.3. The number of carbonyl (C=O) groups excluding carboxylic acids is 1. The van der Waals surface area contributed by atoms with Gasteiger partial charge in [-0.2, -0.15) is 28.1 Å². The fourth-order valence-electron chi connectivity index (χ4n) is 5.50. The number of ketones is 1. The number of anilines is 3. The lowest BCUT2D eigenvalue weighted by Crippen LogP contribution is -2.47. The van der Waals surface area contributed by atoms with Gasteiger partial charge in [0.1, 0.15) is 11.6 Å². The molecule has 1 N–H and O–H groups in total. The first-order chi connectivity index (χ1) is 21.3. The molecule has 228 valence electrons. The van der Waals surface area contributed by atoms with Gasteiger partial charge in [0.25, 0.3) is 0 Å². The highest BCUT2D eigenvalue weighted by molar-refractivity contribution is 7.99. The van der Waals surface area contributed by atoms with Crippen molar-refractivity contribution in [1.29, 1.82) is 0 Å². The Hall–Kier alpha value is -3.93. The van der Waals surface area contributed by atoms with E-state index in [9.17, 15) is 18.0 Å². The maximum absolute atomic E-state index is 13.3. The number of benzene rings is 2. The summed E-state index contributed by atoms with van der Waals surface area (Å²) in [5, 5.41) is 3.80. The number of amidine groups is 1. The Kier molecular flexibility index (Phi) is 7.77. The lowest BCUT2D eigenvalue weighted by molar-refractivity contribution is -0.137. The summed E-state index contributed by atoms with van der Waals surface area (Å²) in [6.07, 6.45) is 2.61.